The molecule has 2 N–H and O–H groups in total. The Kier molecular flexibility index (Phi) is 5.45. The Balaban J connectivity index is 4.27. The summed E-state index contributed by atoms with van der Waals surface area (Å²) < 4.78 is 0. The largest absolute Gasteiger partial charge is 0.431 e. The Morgan fingerprint density at radius 1 is 1.43 bits per heavy atom. The van der Waals surface area contributed by atoms with Gasteiger partial charge in [0.15, 0.2) is 0 Å². The highest BCUT2D eigenvalue weighted by Crippen LogP contribution is 2.24. The molecule has 0 aliphatic heterocycles. The average molecular weight is 218 g/mol. The summed E-state index contributed by atoms with van der Waals surface area (Å²) in [5, 5.41) is 4.28. The zero-order chi connectivity index (χ0) is 11.2. The fourth-order valence-electron chi connectivity index (χ4n) is 0.624. The Morgan fingerprint density at radius 3 is 2.36 bits per heavy atom. The van der Waals surface area contributed by atoms with E-state index in [9.17, 15) is 4.79 Å². The molecular weight excluding hydrogens is 200 g/mol. The van der Waals surface area contributed by atoms with Gasteiger partial charge in [-0.25, -0.2) is 10.3 Å². The first kappa shape index (κ1) is 13.2. The standard InChI is InChI=1S/C9H18N2O2S/c1-9(2,3)7(6-14-5)11-13-8(12)10-4/h6,11H,1-5H3,(H,10,12). The van der Waals surface area contributed by atoms with Gasteiger partial charge in [-0.3, -0.25) is 0 Å². The van der Waals surface area contributed by atoms with E-state index in [4.69, 9.17) is 4.84 Å². The predicted molar refractivity (Wildman–Crippen MR) is 59.7 cm³/mol. The summed E-state index contributed by atoms with van der Waals surface area (Å²) in [6.45, 7) is 6.11. The van der Waals surface area contributed by atoms with E-state index in [1.165, 1.54) is 7.05 Å². The summed E-state index contributed by atoms with van der Waals surface area (Å²) >= 11 is 1.56. The van der Waals surface area contributed by atoms with Crippen LogP contribution in [0.2, 0.25) is 0 Å². The molecule has 0 bridgehead atoms. The van der Waals surface area contributed by atoms with Gasteiger partial charge in [0.1, 0.15) is 0 Å². The van der Waals surface area contributed by atoms with Crippen molar-refractivity contribution in [3.05, 3.63) is 11.1 Å². The van der Waals surface area contributed by atoms with Crippen LogP contribution in [0.3, 0.4) is 0 Å². The average Bonchev–Trinajstić information content (AvgIpc) is 2.09. The molecule has 0 spiro atoms. The second kappa shape index (κ2) is 5.80. The van der Waals surface area contributed by atoms with Gasteiger partial charge in [-0.1, -0.05) is 20.8 Å². The van der Waals surface area contributed by atoms with E-state index in [1.54, 1.807) is 11.8 Å². The van der Waals surface area contributed by atoms with Crippen LogP contribution in [0, 0.1) is 5.41 Å². The van der Waals surface area contributed by atoms with Crippen LogP contribution in [0.5, 0.6) is 0 Å². The number of carbonyl (C=O) groups is 1. The third-order valence-electron chi connectivity index (χ3n) is 1.50. The minimum atomic E-state index is -0.499. The number of allylic oxidation sites excluding steroid dienone is 1. The molecule has 0 unspecified atom stereocenters. The van der Waals surface area contributed by atoms with Crippen molar-refractivity contribution in [3.8, 4) is 0 Å². The fourth-order valence-corrected chi connectivity index (χ4v) is 1.26. The summed E-state index contributed by atoms with van der Waals surface area (Å²) in [7, 11) is 1.51. The van der Waals surface area contributed by atoms with Crippen molar-refractivity contribution >= 4 is 17.9 Å². The maximum atomic E-state index is 10.8. The smallest absolute Gasteiger partial charge is 0.325 e. The maximum absolute atomic E-state index is 10.8. The molecule has 0 aromatic carbocycles. The van der Waals surface area contributed by atoms with Crippen molar-refractivity contribution in [1.29, 1.82) is 0 Å². The molecule has 5 heteroatoms. The second-order valence-corrected chi connectivity index (χ2v) is 4.47. The number of nitrogens with one attached hydrogen (secondary N) is 2. The summed E-state index contributed by atoms with van der Waals surface area (Å²) in [6, 6.07) is 0. The first-order valence-corrected chi connectivity index (χ1v) is 5.58. The van der Waals surface area contributed by atoms with E-state index in [-0.39, 0.29) is 5.41 Å². The molecular formula is C9H18N2O2S. The molecule has 14 heavy (non-hydrogen) atoms. The number of hydroxylamine groups is 1. The first-order valence-electron chi connectivity index (χ1n) is 4.29. The lowest BCUT2D eigenvalue weighted by atomic mass is 9.93. The van der Waals surface area contributed by atoms with E-state index in [2.05, 4.69) is 10.8 Å². The number of thioether (sulfide) groups is 1. The molecule has 4 nitrogen and oxygen atoms in total. The minimum Gasteiger partial charge on any atom is -0.325 e. The van der Waals surface area contributed by atoms with Gasteiger partial charge in [0, 0.05) is 12.5 Å². The van der Waals surface area contributed by atoms with Crippen LogP contribution in [-0.2, 0) is 4.84 Å². The van der Waals surface area contributed by atoms with E-state index < -0.39 is 6.09 Å². The maximum Gasteiger partial charge on any atom is 0.431 e. The van der Waals surface area contributed by atoms with Crippen LogP contribution >= 0.6 is 11.8 Å². The van der Waals surface area contributed by atoms with Crippen molar-refractivity contribution in [2.45, 2.75) is 20.8 Å². The third-order valence-corrected chi connectivity index (χ3v) is 1.97. The normalized spacial score (nSPS) is 12.2. The highest BCUT2D eigenvalue weighted by Gasteiger charge is 2.18. The number of hydrogen-bond acceptors (Lipinski definition) is 4. The van der Waals surface area contributed by atoms with Crippen LogP contribution in [-0.4, -0.2) is 19.4 Å². The van der Waals surface area contributed by atoms with Gasteiger partial charge in [0.2, 0.25) is 0 Å². The number of hydrogen-bond donors (Lipinski definition) is 2. The molecule has 0 aliphatic rings. The highest BCUT2D eigenvalue weighted by atomic mass is 32.2. The Morgan fingerprint density at radius 2 is 2.00 bits per heavy atom. The van der Waals surface area contributed by atoms with Gasteiger partial charge in [0.25, 0.3) is 0 Å². The molecule has 0 radical (unpaired) electrons. The van der Waals surface area contributed by atoms with Crippen molar-refractivity contribution in [3.63, 3.8) is 0 Å². The molecule has 0 aromatic heterocycles. The number of rotatable bonds is 3. The quantitative estimate of drug-likeness (QED) is 0.712. The molecule has 0 fully saturated rings. The van der Waals surface area contributed by atoms with Crippen molar-refractivity contribution < 1.29 is 9.63 Å². The summed E-state index contributed by atoms with van der Waals surface area (Å²) in [4.78, 5) is 15.6. The van der Waals surface area contributed by atoms with Gasteiger partial charge in [-0.05, 0) is 11.7 Å². The first-order chi connectivity index (χ1) is 6.41. The van der Waals surface area contributed by atoms with Crippen LogP contribution in [0.25, 0.3) is 0 Å². The Hall–Kier alpha value is -0.840. The molecule has 0 heterocycles. The van der Waals surface area contributed by atoms with E-state index in [1.807, 2.05) is 32.4 Å². The van der Waals surface area contributed by atoms with Gasteiger partial charge in [-0.2, -0.15) is 0 Å². The van der Waals surface area contributed by atoms with Gasteiger partial charge < -0.3 is 10.2 Å². The van der Waals surface area contributed by atoms with Crippen molar-refractivity contribution in [1.82, 2.24) is 10.8 Å². The summed E-state index contributed by atoms with van der Waals surface area (Å²) in [5.41, 5.74) is 3.44. The predicted octanol–water partition coefficient (Wildman–Crippen LogP) is 2.10. The zero-order valence-corrected chi connectivity index (χ0v) is 10.1. The van der Waals surface area contributed by atoms with Crippen molar-refractivity contribution in [2.24, 2.45) is 5.41 Å². The topological polar surface area (TPSA) is 50.4 Å². The number of carbonyl (C=O) groups excluding carboxylic acids is 1. The molecule has 1 amide bonds. The number of amides is 1. The molecule has 0 rings (SSSR count). The molecule has 0 aromatic rings. The SMILES string of the molecule is CNC(=O)ONC(=CSC)C(C)(C)C. The Labute approximate surface area is 89.4 Å². The van der Waals surface area contributed by atoms with Gasteiger partial charge >= 0.3 is 6.09 Å². The lowest BCUT2D eigenvalue weighted by Crippen LogP contribution is -2.31. The van der Waals surface area contributed by atoms with E-state index in [0.717, 1.165) is 5.70 Å². The van der Waals surface area contributed by atoms with Gasteiger partial charge in [0.05, 0.1) is 5.70 Å². The van der Waals surface area contributed by atoms with Crippen LogP contribution in [0.4, 0.5) is 4.79 Å². The highest BCUT2D eigenvalue weighted by molar-refractivity contribution is 8.01. The summed E-state index contributed by atoms with van der Waals surface area (Å²) in [5.74, 6) is 0. The lowest BCUT2D eigenvalue weighted by Gasteiger charge is -2.22. The van der Waals surface area contributed by atoms with Crippen molar-refractivity contribution in [2.75, 3.05) is 13.3 Å². The monoisotopic (exact) mass is 218 g/mol. The second-order valence-electron chi connectivity index (χ2n) is 3.76. The van der Waals surface area contributed by atoms with Crippen LogP contribution in [0.1, 0.15) is 20.8 Å². The van der Waals surface area contributed by atoms with Crippen LogP contribution in [0.15, 0.2) is 11.1 Å². The fraction of sp³-hybridized carbons (Fsp3) is 0.667. The molecule has 82 valence electrons. The lowest BCUT2D eigenvalue weighted by molar-refractivity contribution is 0.0975. The summed E-state index contributed by atoms with van der Waals surface area (Å²) in [6.07, 6.45) is 1.45. The molecule has 0 saturated heterocycles. The Bertz CT molecular complexity index is 221. The molecule has 0 atom stereocenters. The van der Waals surface area contributed by atoms with Crippen LogP contribution < -0.4 is 10.8 Å². The molecule has 0 aliphatic carbocycles. The van der Waals surface area contributed by atoms with Gasteiger partial charge in [-0.15, -0.1) is 11.8 Å². The molecule has 0 saturated carbocycles. The minimum absolute atomic E-state index is 0.0724. The van der Waals surface area contributed by atoms with E-state index in [0.29, 0.717) is 0 Å². The van der Waals surface area contributed by atoms with E-state index >= 15 is 0 Å². The third kappa shape index (κ3) is 5.01. The zero-order valence-electron chi connectivity index (χ0n) is 9.30.